The van der Waals surface area contributed by atoms with Crippen LogP contribution < -0.4 is 10.7 Å². The molecule has 0 spiro atoms. The lowest BCUT2D eigenvalue weighted by molar-refractivity contribution is -0.118. The molecule has 1 aliphatic rings. The summed E-state index contributed by atoms with van der Waals surface area (Å²) in [7, 11) is 0. The molecule has 7 heteroatoms. The molecule has 0 aromatic rings. The number of ether oxygens (including phenoxy) is 1. The van der Waals surface area contributed by atoms with Gasteiger partial charge in [0.05, 0.1) is 0 Å². The predicted molar refractivity (Wildman–Crippen MR) is 49.6 cm³/mol. The van der Waals surface area contributed by atoms with Gasteiger partial charge in [-0.15, -0.1) is 0 Å². The summed E-state index contributed by atoms with van der Waals surface area (Å²) in [5, 5.41) is 2.87. The van der Waals surface area contributed by atoms with Gasteiger partial charge in [0.2, 0.25) is 5.91 Å². The maximum absolute atomic E-state index is 11.2. The molecule has 1 aliphatic heterocycles. The van der Waals surface area contributed by atoms with Crippen LogP contribution in [0.5, 0.6) is 0 Å². The van der Waals surface area contributed by atoms with Gasteiger partial charge in [-0.05, 0) is 20.8 Å². The zero-order chi connectivity index (χ0) is 11.6. The summed E-state index contributed by atoms with van der Waals surface area (Å²) in [4.78, 5) is 33.0. The lowest BCUT2D eigenvalue weighted by Gasteiger charge is -2.22. The van der Waals surface area contributed by atoms with Crippen molar-refractivity contribution in [3.8, 4) is 0 Å². The van der Waals surface area contributed by atoms with Gasteiger partial charge in [-0.25, -0.2) is 20.0 Å². The number of hydrogen-bond acceptors (Lipinski definition) is 4. The Morgan fingerprint density at radius 1 is 1.47 bits per heavy atom. The summed E-state index contributed by atoms with van der Waals surface area (Å²) in [5.41, 5.74) is 1.51. The summed E-state index contributed by atoms with van der Waals surface area (Å²) in [5.74, 6) is -0.462. The zero-order valence-electron chi connectivity index (χ0n) is 8.79. The third-order valence-corrected chi connectivity index (χ3v) is 1.42. The normalized spacial score (nSPS) is 16.3. The molecule has 0 bridgehead atoms. The number of imide groups is 1. The van der Waals surface area contributed by atoms with Crippen molar-refractivity contribution in [3.05, 3.63) is 0 Å². The highest BCUT2D eigenvalue weighted by atomic mass is 16.6. The van der Waals surface area contributed by atoms with Crippen molar-refractivity contribution in [1.82, 2.24) is 15.8 Å². The Labute approximate surface area is 86.7 Å². The molecular weight excluding hydrogens is 202 g/mol. The van der Waals surface area contributed by atoms with Crippen LogP contribution in [0.15, 0.2) is 0 Å². The molecule has 4 amide bonds. The number of hydrazine groups is 1. The summed E-state index contributed by atoms with van der Waals surface area (Å²) in [6.07, 6.45) is -0.771. The second-order valence-electron chi connectivity index (χ2n) is 4.05. The lowest BCUT2D eigenvalue weighted by atomic mass is 10.2. The standard InChI is InChI=1S/C8H13N3O4/c1-8(2,3)15-7(14)10-11-4-5(12)9-6(11)13/h4H2,1-3H3,(H,10,14)(H,9,12,13). The topological polar surface area (TPSA) is 87.7 Å². The first-order valence-corrected chi connectivity index (χ1v) is 4.39. The van der Waals surface area contributed by atoms with Crippen molar-refractivity contribution < 1.29 is 19.1 Å². The van der Waals surface area contributed by atoms with Crippen molar-refractivity contribution in [2.24, 2.45) is 0 Å². The van der Waals surface area contributed by atoms with Crippen LogP contribution in [-0.4, -0.2) is 35.2 Å². The molecule has 15 heavy (non-hydrogen) atoms. The van der Waals surface area contributed by atoms with Crippen LogP contribution in [0.4, 0.5) is 9.59 Å². The SMILES string of the molecule is CC(C)(C)OC(=O)NN1CC(=O)NC1=O. The van der Waals surface area contributed by atoms with Gasteiger partial charge >= 0.3 is 12.1 Å². The van der Waals surface area contributed by atoms with E-state index in [1.807, 2.05) is 5.32 Å². The molecule has 0 aromatic carbocycles. The Bertz CT molecular complexity index is 307. The third-order valence-electron chi connectivity index (χ3n) is 1.42. The number of amides is 4. The van der Waals surface area contributed by atoms with Crippen molar-refractivity contribution in [2.45, 2.75) is 26.4 Å². The number of carbonyl (C=O) groups is 3. The van der Waals surface area contributed by atoms with Gasteiger partial charge in [-0.3, -0.25) is 10.1 Å². The number of rotatable bonds is 1. The highest BCUT2D eigenvalue weighted by Crippen LogP contribution is 2.07. The second kappa shape index (κ2) is 3.76. The fourth-order valence-corrected chi connectivity index (χ4v) is 0.943. The van der Waals surface area contributed by atoms with Gasteiger partial charge in [0.1, 0.15) is 12.1 Å². The van der Waals surface area contributed by atoms with E-state index < -0.39 is 23.6 Å². The van der Waals surface area contributed by atoms with Crippen LogP contribution in [0.3, 0.4) is 0 Å². The second-order valence-corrected chi connectivity index (χ2v) is 4.05. The average molecular weight is 215 g/mol. The summed E-state index contributed by atoms with van der Waals surface area (Å²) in [6.45, 7) is 4.89. The fourth-order valence-electron chi connectivity index (χ4n) is 0.943. The highest BCUT2D eigenvalue weighted by molar-refractivity contribution is 6.02. The molecule has 0 aromatic heterocycles. The first-order chi connectivity index (χ1) is 6.78. The van der Waals surface area contributed by atoms with Crippen LogP contribution >= 0.6 is 0 Å². The van der Waals surface area contributed by atoms with E-state index in [2.05, 4.69) is 5.43 Å². The van der Waals surface area contributed by atoms with Crippen LogP contribution in [0.1, 0.15) is 20.8 Å². The smallest absolute Gasteiger partial charge is 0.426 e. The Morgan fingerprint density at radius 2 is 2.07 bits per heavy atom. The molecule has 7 nitrogen and oxygen atoms in total. The minimum absolute atomic E-state index is 0.196. The summed E-state index contributed by atoms with van der Waals surface area (Å²) >= 11 is 0. The van der Waals surface area contributed by atoms with E-state index in [1.54, 1.807) is 20.8 Å². The molecule has 0 unspecified atom stereocenters. The van der Waals surface area contributed by atoms with Crippen molar-refractivity contribution in [2.75, 3.05) is 6.54 Å². The molecule has 1 saturated heterocycles. The van der Waals surface area contributed by atoms with Crippen LogP contribution in [0, 0.1) is 0 Å². The molecule has 0 aliphatic carbocycles. The molecule has 1 fully saturated rings. The Morgan fingerprint density at radius 3 is 2.47 bits per heavy atom. The van der Waals surface area contributed by atoms with Gasteiger partial charge in [-0.1, -0.05) is 0 Å². The fraction of sp³-hybridized carbons (Fsp3) is 0.625. The van der Waals surface area contributed by atoms with Gasteiger partial charge in [0, 0.05) is 0 Å². The molecule has 1 rings (SSSR count). The maximum Gasteiger partial charge on any atom is 0.426 e. The van der Waals surface area contributed by atoms with Crippen molar-refractivity contribution in [3.63, 3.8) is 0 Å². The molecule has 84 valence electrons. The van der Waals surface area contributed by atoms with Crippen LogP contribution in [-0.2, 0) is 9.53 Å². The Kier molecular flexibility index (Phi) is 2.83. The van der Waals surface area contributed by atoms with E-state index in [0.717, 1.165) is 5.01 Å². The molecule has 2 N–H and O–H groups in total. The number of nitrogens with one attached hydrogen (secondary N) is 2. The lowest BCUT2D eigenvalue weighted by Crippen LogP contribution is -2.46. The monoisotopic (exact) mass is 215 g/mol. The molecular formula is C8H13N3O4. The van der Waals surface area contributed by atoms with Gasteiger partial charge < -0.3 is 4.74 Å². The predicted octanol–water partition coefficient (Wildman–Crippen LogP) is -0.0221. The average Bonchev–Trinajstić information content (AvgIpc) is 2.25. The van der Waals surface area contributed by atoms with Crippen LogP contribution in [0.2, 0.25) is 0 Å². The largest absolute Gasteiger partial charge is 0.443 e. The third kappa shape index (κ3) is 3.45. The number of hydrogen-bond donors (Lipinski definition) is 2. The van der Waals surface area contributed by atoms with Crippen molar-refractivity contribution >= 4 is 18.0 Å². The Balaban J connectivity index is 2.45. The van der Waals surface area contributed by atoms with E-state index in [1.165, 1.54) is 0 Å². The van der Waals surface area contributed by atoms with E-state index >= 15 is 0 Å². The molecule has 1 heterocycles. The van der Waals surface area contributed by atoms with Gasteiger partial charge in [-0.2, -0.15) is 0 Å². The zero-order valence-corrected chi connectivity index (χ0v) is 8.79. The van der Waals surface area contributed by atoms with E-state index in [9.17, 15) is 14.4 Å². The molecule has 0 saturated carbocycles. The first kappa shape index (κ1) is 11.3. The summed E-state index contributed by atoms with van der Waals surface area (Å²) in [6, 6.07) is -0.661. The minimum Gasteiger partial charge on any atom is -0.443 e. The van der Waals surface area contributed by atoms with Gasteiger partial charge in [0.25, 0.3) is 0 Å². The van der Waals surface area contributed by atoms with E-state index in [-0.39, 0.29) is 6.54 Å². The minimum atomic E-state index is -0.771. The quantitative estimate of drug-likeness (QED) is 0.601. The number of carbonyl (C=O) groups excluding carboxylic acids is 3. The van der Waals surface area contributed by atoms with E-state index in [0.29, 0.717) is 0 Å². The Hall–Kier alpha value is -1.79. The maximum atomic E-state index is 11.2. The number of nitrogens with zero attached hydrogens (tertiary/aromatic N) is 1. The van der Waals surface area contributed by atoms with Crippen molar-refractivity contribution in [1.29, 1.82) is 0 Å². The van der Waals surface area contributed by atoms with E-state index in [4.69, 9.17) is 4.74 Å². The van der Waals surface area contributed by atoms with Gasteiger partial charge in [0.15, 0.2) is 0 Å². The molecule has 0 radical (unpaired) electrons. The molecule has 0 atom stereocenters. The highest BCUT2D eigenvalue weighted by Gasteiger charge is 2.29. The number of urea groups is 1. The van der Waals surface area contributed by atoms with Crippen LogP contribution in [0.25, 0.3) is 0 Å². The summed E-state index contributed by atoms with van der Waals surface area (Å²) < 4.78 is 4.90. The first-order valence-electron chi connectivity index (χ1n) is 4.39.